The molecule has 0 aliphatic heterocycles. The van der Waals surface area contributed by atoms with Crippen molar-refractivity contribution in [1.82, 2.24) is 10.3 Å². The molecule has 0 bridgehead atoms. The lowest BCUT2D eigenvalue weighted by Gasteiger charge is -2.05. The molecule has 1 heterocycles. The average molecular weight is 225 g/mol. The van der Waals surface area contributed by atoms with Crippen LogP contribution in [0, 0.1) is 0 Å². The van der Waals surface area contributed by atoms with Crippen LogP contribution in [0.4, 0.5) is 4.79 Å². The van der Waals surface area contributed by atoms with Crippen molar-refractivity contribution in [3.05, 3.63) is 23.9 Å². The van der Waals surface area contributed by atoms with E-state index in [1.807, 2.05) is 0 Å². The molecule has 6 nitrogen and oxygen atoms in total. The minimum atomic E-state index is -1.05. The topological polar surface area (TPSA) is 97.5 Å². The summed E-state index contributed by atoms with van der Waals surface area (Å²) in [7, 11) is 0. The number of ether oxygens (including phenoxy) is 1. The zero-order valence-corrected chi connectivity index (χ0v) is 8.85. The number of rotatable bonds is 6. The van der Waals surface area contributed by atoms with Gasteiger partial charge in [0.15, 0.2) is 0 Å². The maximum atomic E-state index is 10.2. The van der Waals surface area contributed by atoms with Gasteiger partial charge >= 0.3 is 6.09 Å². The fraction of sp³-hybridized carbons (Fsp3) is 0.400. The minimum absolute atomic E-state index is 0.241. The molecular formula is C10H15N3O3. The van der Waals surface area contributed by atoms with Gasteiger partial charge in [0, 0.05) is 18.8 Å². The summed E-state index contributed by atoms with van der Waals surface area (Å²) in [5.41, 5.74) is 6.11. The second-order valence-electron chi connectivity index (χ2n) is 3.15. The van der Waals surface area contributed by atoms with Crippen molar-refractivity contribution < 1.29 is 14.6 Å². The number of hydrogen-bond acceptors (Lipinski definition) is 4. The summed E-state index contributed by atoms with van der Waals surface area (Å²) >= 11 is 0. The van der Waals surface area contributed by atoms with Gasteiger partial charge in [-0.25, -0.2) is 9.78 Å². The zero-order valence-electron chi connectivity index (χ0n) is 8.85. The molecule has 0 saturated heterocycles. The average Bonchev–Trinajstić information content (AvgIpc) is 2.28. The smallest absolute Gasteiger partial charge is 0.404 e. The molecule has 88 valence electrons. The highest BCUT2D eigenvalue weighted by Crippen LogP contribution is 2.07. The van der Waals surface area contributed by atoms with Crippen LogP contribution in [-0.2, 0) is 6.54 Å². The predicted molar refractivity (Wildman–Crippen MR) is 58.3 cm³/mol. The number of carbonyl (C=O) groups is 1. The summed E-state index contributed by atoms with van der Waals surface area (Å²) in [6, 6.07) is 3.47. The lowest BCUT2D eigenvalue weighted by atomic mass is 10.3. The molecule has 0 aliphatic carbocycles. The van der Waals surface area contributed by atoms with Gasteiger partial charge in [0.2, 0.25) is 5.88 Å². The first-order chi connectivity index (χ1) is 7.72. The maximum absolute atomic E-state index is 10.2. The summed E-state index contributed by atoms with van der Waals surface area (Å²) in [6.45, 7) is 1.36. The molecule has 1 aromatic rings. The van der Waals surface area contributed by atoms with Crippen LogP contribution < -0.4 is 15.8 Å². The van der Waals surface area contributed by atoms with E-state index in [1.165, 1.54) is 0 Å². The van der Waals surface area contributed by atoms with E-state index in [4.69, 9.17) is 15.6 Å². The molecule has 1 amide bonds. The molecule has 0 aliphatic rings. The Hall–Kier alpha value is -1.82. The summed E-state index contributed by atoms with van der Waals surface area (Å²) in [6.07, 6.45) is 1.31. The SMILES string of the molecule is NCCCOc1ccc(CNC(=O)O)cn1. The van der Waals surface area contributed by atoms with Gasteiger partial charge in [0.1, 0.15) is 0 Å². The Labute approximate surface area is 93.4 Å². The van der Waals surface area contributed by atoms with Crippen LogP contribution >= 0.6 is 0 Å². The normalized spacial score (nSPS) is 9.81. The van der Waals surface area contributed by atoms with Crippen LogP contribution in [0.2, 0.25) is 0 Å². The van der Waals surface area contributed by atoms with Crippen molar-refractivity contribution in [1.29, 1.82) is 0 Å². The van der Waals surface area contributed by atoms with Crippen LogP contribution in [0.25, 0.3) is 0 Å². The number of carboxylic acid groups (broad SMARTS) is 1. The van der Waals surface area contributed by atoms with Crippen molar-refractivity contribution in [2.24, 2.45) is 5.73 Å². The monoisotopic (exact) mass is 225 g/mol. The number of nitrogens with zero attached hydrogens (tertiary/aromatic N) is 1. The van der Waals surface area contributed by atoms with E-state index in [0.29, 0.717) is 19.0 Å². The van der Waals surface area contributed by atoms with E-state index in [1.54, 1.807) is 18.3 Å². The highest BCUT2D eigenvalue weighted by atomic mass is 16.5. The second kappa shape index (κ2) is 6.62. The van der Waals surface area contributed by atoms with Crippen LogP contribution in [0.3, 0.4) is 0 Å². The third-order valence-electron chi connectivity index (χ3n) is 1.84. The maximum Gasteiger partial charge on any atom is 0.404 e. The van der Waals surface area contributed by atoms with Crippen molar-refractivity contribution in [3.63, 3.8) is 0 Å². The van der Waals surface area contributed by atoms with Gasteiger partial charge in [-0.2, -0.15) is 0 Å². The Bertz CT molecular complexity index is 327. The van der Waals surface area contributed by atoms with E-state index in [9.17, 15) is 4.79 Å². The highest BCUT2D eigenvalue weighted by molar-refractivity contribution is 5.64. The van der Waals surface area contributed by atoms with E-state index in [-0.39, 0.29) is 6.54 Å². The fourth-order valence-electron chi connectivity index (χ4n) is 1.04. The lowest BCUT2D eigenvalue weighted by molar-refractivity contribution is 0.194. The largest absolute Gasteiger partial charge is 0.478 e. The van der Waals surface area contributed by atoms with E-state index >= 15 is 0 Å². The van der Waals surface area contributed by atoms with E-state index < -0.39 is 6.09 Å². The van der Waals surface area contributed by atoms with Crippen LogP contribution in [-0.4, -0.2) is 29.3 Å². The third kappa shape index (κ3) is 4.61. The number of pyridine rings is 1. The molecule has 0 aromatic carbocycles. The third-order valence-corrected chi connectivity index (χ3v) is 1.84. The molecule has 6 heteroatoms. The Balaban J connectivity index is 2.38. The van der Waals surface area contributed by atoms with Crippen LogP contribution in [0.1, 0.15) is 12.0 Å². The number of aromatic nitrogens is 1. The van der Waals surface area contributed by atoms with Gasteiger partial charge in [-0.15, -0.1) is 0 Å². The van der Waals surface area contributed by atoms with Crippen LogP contribution in [0.5, 0.6) is 5.88 Å². The zero-order chi connectivity index (χ0) is 11.8. The van der Waals surface area contributed by atoms with E-state index in [2.05, 4.69) is 10.3 Å². The molecular weight excluding hydrogens is 210 g/mol. The summed E-state index contributed by atoms with van der Waals surface area (Å²) < 4.78 is 5.30. The minimum Gasteiger partial charge on any atom is -0.478 e. The van der Waals surface area contributed by atoms with Gasteiger partial charge in [0.05, 0.1) is 6.61 Å². The second-order valence-corrected chi connectivity index (χ2v) is 3.15. The van der Waals surface area contributed by atoms with Gasteiger partial charge in [-0.1, -0.05) is 6.07 Å². The molecule has 16 heavy (non-hydrogen) atoms. The van der Waals surface area contributed by atoms with E-state index in [0.717, 1.165) is 12.0 Å². The molecule has 0 unspecified atom stereocenters. The predicted octanol–water partition coefficient (Wildman–Crippen LogP) is 0.577. The fourth-order valence-corrected chi connectivity index (χ4v) is 1.04. The molecule has 1 aromatic heterocycles. The first-order valence-electron chi connectivity index (χ1n) is 4.97. The molecule has 0 saturated carbocycles. The summed E-state index contributed by atoms with van der Waals surface area (Å²) in [5.74, 6) is 0.521. The molecule has 4 N–H and O–H groups in total. The highest BCUT2D eigenvalue weighted by Gasteiger charge is 1.98. The Morgan fingerprint density at radius 3 is 2.94 bits per heavy atom. The van der Waals surface area contributed by atoms with Crippen LogP contribution in [0.15, 0.2) is 18.3 Å². The number of amides is 1. The lowest BCUT2D eigenvalue weighted by Crippen LogP contribution is -2.19. The van der Waals surface area contributed by atoms with Crippen molar-refractivity contribution in [2.75, 3.05) is 13.2 Å². The van der Waals surface area contributed by atoms with Gasteiger partial charge < -0.3 is 20.9 Å². The molecule has 0 spiro atoms. The standard InChI is InChI=1S/C10H15N3O3/c11-4-1-5-16-9-3-2-8(6-12-9)7-13-10(14)15/h2-3,6,13H,1,4-5,7,11H2,(H,14,15). The Morgan fingerprint density at radius 2 is 2.38 bits per heavy atom. The number of hydrogen-bond donors (Lipinski definition) is 3. The van der Waals surface area contributed by atoms with Crippen molar-refractivity contribution in [3.8, 4) is 5.88 Å². The first-order valence-corrected chi connectivity index (χ1v) is 4.97. The molecule has 0 atom stereocenters. The number of nitrogens with two attached hydrogens (primary N) is 1. The van der Waals surface area contributed by atoms with Gasteiger partial charge in [-0.05, 0) is 18.5 Å². The Morgan fingerprint density at radius 1 is 1.56 bits per heavy atom. The Kier molecular flexibility index (Phi) is 5.07. The van der Waals surface area contributed by atoms with Crippen molar-refractivity contribution in [2.45, 2.75) is 13.0 Å². The summed E-state index contributed by atoms with van der Waals surface area (Å²) in [4.78, 5) is 14.3. The first kappa shape index (κ1) is 12.3. The van der Waals surface area contributed by atoms with Gasteiger partial charge in [0.25, 0.3) is 0 Å². The number of nitrogens with one attached hydrogen (secondary N) is 1. The molecule has 0 fully saturated rings. The molecule has 0 radical (unpaired) electrons. The molecule has 1 rings (SSSR count). The summed E-state index contributed by atoms with van der Waals surface area (Å²) in [5, 5.41) is 10.7. The van der Waals surface area contributed by atoms with Gasteiger partial charge in [-0.3, -0.25) is 0 Å². The van der Waals surface area contributed by atoms with Crippen molar-refractivity contribution >= 4 is 6.09 Å². The quantitative estimate of drug-likeness (QED) is 0.615.